The van der Waals surface area contributed by atoms with Crippen molar-refractivity contribution >= 4 is 34.4 Å². The van der Waals surface area contributed by atoms with E-state index in [9.17, 15) is 0 Å². The van der Waals surface area contributed by atoms with Crippen LogP contribution in [0, 0.1) is 13.8 Å². The zero-order chi connectivity index (χ0) is 15.4. The summed E-state index contributed by atoms with van der Waals surface area (Å²) in [6.07, 6.45) is 2.15. The Labute approximate surface area is 135 Å². The average molecular weight is 319 g/mol. The lowest BCUT2D eigenvalue weighted by Crippen LogP contribution is -2.19. The molecular formula is C16H21N3S2. The molecule has 3 nitrogen and oxygen atoms in total. The van der Waals surface area contributed by atoms with Crippen LogP contribution >= 0.6 is 23.6 Å². The molecule has 2 heterocycles. The molecule has 0 saturated heterocycles. The van der Waals surface area contributed by atoms with E-state index >= 15 is 0 Å². The van der Waals surface area contributed by atoms with Gasteiger partial charge in [0.15, 0.2) is 0 Å². The van der Waals surface area contributed by atoms with Gasteiger partial charge in [-0.1, -0.05) is 31.6 Å². The van der Waals surface area contributed by atoms with Crippen LogP contribution in [0.25, 0.3) is 0 Å². The van der Waals surface area contributed by atoms with Crippen LogP contribution in [0.3, 0.4) is 0 Å². The Hall–Kier alpha value is -1.46. The number of rotatable bonds is 6. The highest BCUT2D eigenvalue weighted by molar-refractivity contribution is 7.80. The maximum atomic E-state index is 5.89. The molecule has 0 saturated carbocycles. The summed E-state index contributed by atoms with van der Waals surface area (Å²) in [6.45, 7) is 6.20. The van der Waals surface area contributed by atoms with Crippen molar-refractivity contribution in [3.63, 3.8) is 0 Å². The van der Waals surface area contributed by atoms with E-state index in [2.05, 4.69) is 34.7 Å². The van der Waals surface area contributed by atoms with Gasteiger partial charge >= 0.3 is 0 Å². The van der Waals surface area contributed by atoms with Crippen LogP contribution < -0.4 is 11.1 Å². The van der Waals surface area contributed by atoms with E-state index in [1.165, 1.54) is 4.88 Å². The van der Waals surface area contributed by atoms with Crippen LogP contribution in [0.15, 0.2) is 23.6 Å². The summed E-state index contributed by atoms with van der Waals surface area (Å²) in [7, 11) is 0. The second kappa shape index (κ2) is 7.00. The molecule has 2 rings (SSSR count). The van der Waals surface area contributed by atoms with Crippen LogP contribution in [0.1, 0.15) is 47.5 Å². The van der Waals surface area contributed by atoms with E-state index in [-0.39, 0.29) is 6.04 Å². The number of aryl methyl sites for hydroxylation is 2. The van der Waals surface area contributed by atoms with Gasteiger partial charge in [0.2, 0.25) is 0 Å². The summed E-state index contributed by atoms with van der Waals surface area (Å²) in [5.74, 6) is 0.798. The summed E-state index contributed by atoms with van der Waals surface area (Å²) in [6, 6.07) is 6.49. The van der Waals surface area contributed by atoms with Gasteiger partial charge in [-0.25, -0.2) is 4.98 Å². The zero-order valence-electron chi connectivity index (χ0n) is 12.6. The number of thiocarbonyl (C=S) groups is 1. The number of pyridine rings is 1. The van der Waals surface area contributed by atoms with Gasteiger partial charge in [0.25, 0.3) is 0 Å². The predicted molar refractivity (Wildman–Crippen MR) is 95.2 cm³/mol. The van der Waals surface area contributed by atoms with Crippen LogP contribution in [0.2, 0.25) is 0 Å². The number of nitrogens with two attached hydrogens (primary N) is 1. The Morgan fingerprint density at radius 3 is 2.81 bits per heavy atom. The van der Waals surface area contributed by atoms with Crippen molar-refractivity contribution in [2.75, 3.05) is 5.32 Å². The molecule has 0 amide bonds. The van der Waals surface area contributed by atoms with Crippen molar-refractivity contribution in [2.45, 2.75) is 39.7 Å². The zero-order valence-corrected chi connectivity index (χ0v) is 14.3. The summed E-state index contributed by atoms with van der Waals surface area (Å²) in [5, 5.41) is 5.65. The lowest BCUT2D eigenvalue weighted by Gasteiger charge is -2.21. The molecule has 112 valence electrons. The Kier molecular flexibility index (Phi) is 5.31. The molecule has 0 spiro atoms. The highest BCUT2D eigenvalue weighted by Gasteiger charge is 2.17. The van der Waals surface area contributed by atoms with E-state index in [1.807, 2.05) is 19.9 Å². The van der Waals surface area contributed by atoms with Crippen molar-refractivity contribution in [3.05, 3.63) is 45.3 Å². The van der Waals surface area contributed by atoms with Crippen molar-refractivity contribution in [3.8, 4) is 0 Å². The first-order valence-electron chi connectivity index (χ1n) is 7.11. The molecule has 2 aromatic heterocycles. The quantitative estimate of drug-likeness (QED) is 0.777. The van der Waals surface area contributed by atoms with Crippen LogP contribution in [-0.4, -0.2) is 9.97 Å². The van der Waals surface area contributed by atoms with Gasteiger partial charge in [0.1, 0.15) is 10.8 Å². The first kappa shape index (κ1) is 15.9. The molecule has 0 aromatic carbocycles. The highest BCUT2D eigenvalue weighted by Crippen LogP contribution is 2.29. The molecule has 1 atom stereocenters. The number of anilines is 1. The number of hydrogen-bond donors (Lipinski definition) is 2. The molecule has 2 aromatic rings. The van der Waals surface area contributed by atoms with Gasteiger partial charge in [-0.3, -0.25) is 0 Å². The van der Waals surface area contributed by atoms with E-state index in [0.717, 1.165) is 35.5 Å². The standard InChI is InChI=1S/C16H21N3S2/c1-4-6-12(13-7-5-8-21-13)19-16-14(15(17)20)10(2)9-11(3)18-16/h5,7-9,12H,4,6H2,1-3H3,(H2,17,20)(H,18,19). The van der Waals surface area contributed by atoms with Crippen molar-refractivity contribution < 1.29 is 0 Å². The first-order valence-corrected chi connectivity index (χ1v) is 8.39. The number of hydrogen-bond acceptors (Lipinski definition) is 4. The fourth-order valence-electron chi connectivity index (χ4n) is 2.48. The third kappa shape index (κ3) is 3.80. The van der Waals surface area contributed by atoms with Gasteiger partial charge in [0, 0.05) is 10.6 Å². The maximum absolute atomic E-state index is 5.89. The third-order valence-corrected chi connectivity index (χ3v) is 4.56. The van der Waals surface area contributed by atoms with Crippen molar-refractivity contribution in [2.24, 2.45) is 5.73 Å². The predicted octanol–water partition coefficient (Wildman–Crippen LogP) is 4.35. The lowest BCUT2D eigenvalue weighted by molar-refractivity contribution is 0.684. The molecular weight excluding hydrogens is 298 g/mol. The maximum Gasteiger partial charge on any atom is 0.137 e. The number of nitrogens with one attached hydrogen (secondary N) is 1. The molecule has 0 bridgehead atoms. The molecule has 5 heteroatoms. The van der Waals surface area contributed by atoms with Gasteiger partial charge in [0.05, 0.1) is 11.6 Å². The van der Waals surface area contributed by atoms with Crippen LogP contribution in [-0.2, 0) is 0 Å². The molecule has 1 unspecified atom stereocenters. The topological polar surface area (TPSA) is 50.9 Å². The molecule has 0 aliphatic rings. The summed E-state index contributed by atoms with van der Waals surface area (Å²) < 4.78 is 0. The summed E-state index contributed by atoms with van der Waals surface area (Å²) >= 11 is 6.96. The second-order valence-corrected chi connectivity index (χ2v) is 6.59. The number of thiophene rings is 1. The highest BCUT2D eigenvalue weighted by atomic mass is 32.1. The van der Waals surface area contributed by atoms with Gasteiger partial charge in [-0.2, -0.15) is 0 Å². The normalized spacial score (nSPS) is 12.1. The minimum Gasteiger partial charge on any atom is -0.389 e. The number of aromatic nitrogens is 1. The fraction of sp³-hybridized carbons (Fsp3) is 0.375. The third-order valence-electron chi connectivity index (χ3n) is 3.37. The van der Waals surface area contributed by atoms with Gasteiger partial charge in [-0.15, -0.1) is 11.3 Å². The average Bonchev–Trinajstić information content (AvgIpc) is 2.90. The Morgan fingerprint density at radius 2 is 2.24 bits per heavy atom. The van der Waals surface area contributed by atoms with E-state index in [1.54, 1.807) is 11.3 Å². The first-order chi connectivity index (χ1) is 10.0. The van der Waals surface area contributed by atoms with Gasteiger partial charge < -0.3 is 11.1 Å². The molecule has 3 N–H and O–H groups in total. The minimum atomic E-state index is 0.247. The Morgan fingerprint density at radius 1 is 1.48 bits per heavy atom. The van der Waals surface area contributed by atoms with Crippen LogP contribution in [0.5, 0.6) is 0 Å². The Bertz CT molecular complexity index is 621. The molecule has 21 heavy (non-hydrogen) atoms. The largest absolute Gasteiger partial charge is 0.389 e. The molecule has 0 aliphatic heterocycles. The monoisotopic (exact) mass is 319 g/mol. The smallest absolute Gasteiger partial charge is 0.137 e. The molecule has 0 radical (unpaired) electrons. The van der Waals surface area contributed by atoms with E-state index in [4.69, 9.17) is 18.0 Å². The number of nitrogens with zero attached hydrogens (tertiary/aromatic N) is 1. The minimum absolute atomic E-state index is 0.247. The van der Waals surface area contributed by atoms with Gasteiger partial charge in [-0.05, 0) is 43.3 Å². The van der Waals surface area contributed by atoms with Crippen molar-refractivity contribution in [1.29, 1.82) is 0 Å². The Balaban J connectivity index is 2.38. The van der Waals surface area contributed by atoms with E-state index in [0.29, 0.717) is 4.99 Å². The van der Waals surface area contributed by atoms with E-state index < -0.39 is 0 Å². The molecule has 0 aliphatic carbocycles. The fourth-order valence-corrected chi connectivity index (χ4v) is 3.55. The summed E-state index contributed by atoms with van der Waals surface area (Å²) in [5.41, 5.74) is 8.78. The lowest BCUT2D eigenvalue weighted by atomic mass is 10.1. The SMILES string of the molecule is CCCC(Nc1nc(C)cc(C)c1C(N)=S)c1cccs1. The van der Waals surface area contributed by atoms with Crippen molar-refractivity contribution in [1.82, 2.24) is 4.98 Å². The van der Waals surface area contributed by atoms with Crippen LogP contribution in [0.4, 0.5) is 5.82 Å². The molecule has 0 fully saturated rings. The second-order valence-electron chi connectivity index (χ2n) is 5.17. The summed E-state index contributed by atoms with van der Waals surface area (Å²) in [4.78, 5) is 6.32.